The quantitative estimate of drug-likeness (QED) is 0.920. The van der Waals surface area contributed by atoms with E-state index in [1.807, 2.05) is 25.1 Å². The van der Waals surface area contributed by atoms with E-state index in [-0.39, 0.29) is 24.2 Å². The minimum absolute atomic E-state index is 0.0472. The van der Waals surface area contributed by atoms with Gasteiger partial charge in [0.2, 0.25) is 5.91 Å². The maximum Gasteiger partial charge on any atom is 0.227 e. The van der Waals surface area contributed by atoms with Crippen LogP contribution in [0.25, 0.3) is 0 Å². The van der Waals surface area contributed by atoms with E-state index < -0.39 is 5.82 Å². The van der Waals surface area contributed by atoms with E-state index in [1.165, 1.54) is 12.1 Å². The first-order valence-electron chi connectivity index (χ1n) is 7.26. The standard InChI is InChI=1S/C17H17FN2O2/c1-11-8-14(11)17(21)20-12-5-6-16(15(18)9-12)22-10-13-4-2-3-7-19-13/h2-7,9,11,14H,8,10H2,1H3,(H,20,21)/t11-,14+/m1/s1. The Balaban J connectivity index is 1.61. The van der Waals surface area contributed by atoms with Crippen molar-refractivity contribution in [2.24, 2.45) is 11.8 Å². The fourth-order valence-electron chi connectivity index (χ4n) is 2.25. The number of amides is 1. The second-order valence-corrected chi connectivity index (χ2v) is 5.56. The van der Waals surface area contributed by atoms with Crippen molar-refractivity contribution >= 4 is 11.6 Å². The molecule has 0 bridgehead atoms. The Morgan fingerprint density at radius 1 is 1.41 bits per heavy atom. The number of rotatable bonds is 5. The van der Waals surface area contributed by atoms with Crippen LogP contribution in [-0.4, -0.2) is 10.9 Å². The molecule has 1 aromatic heterocycles. The topological polar surface area (TPSA) is 51.2 Å². The molecule has 1 aliphatic rings. The van der Waals surface area contributed by atoms with E-state index in [0.717, 1.165) is 12.1 Å². The number of nitrogens with zero attached hydrogens (tertiary/aromatic N) is 1. The molecule has 0 saturated heterocycles. The van der Waals surface area contributed by atoms with Crippen LogP contribution in [0, 0.1) is 17.7 Å². The molecule has 1 heterocycles. The van der Waals surface area contributed by atoms with Gasteiger partial charge in [0.25, 0.3) is 0 Å². The van der Waals surface area contributed by atoms with E-state index in [4.69, 9.17) is 4.74 Å². The maximum absolute atomic E-state index is 14.0. The summed E-state index contributed by atoms with van der Waals surface area (Å²) in [6.45, 7) is 2.22. The van der Waals surface area contributed by atoms with Gasteiger partial charge >= 0.3 is 0 Å². The van der Waals surface area contributed by atoms with Crippen LogP contribution in [0.5, 0.6) is 5.75 Å². The van der Waals surface area contributed by atoms with Crippen LogP contribution in [0.15, 0.2) is 42.6 Å². The summed E-state index contributed by atoms with van der Waals surface area (Å²) in [6, 6.07) is 9.90. The predicted octanol–water partition coefficient (Wildman–Crippen LogP) is 3.39. The van der Waals surface area contributed by atoms with Crippen molar-refractivity contribution in [1.29, 1.82) is 0 Å². The highest BCUT2D eigenvalue weighted by atomic mass is 19.1. The molecule has 0 aliphatic heterocycles. The average Bonchev–Trinajstić information content (AvgIpc) is 3.25. The van der Waals surface area contributed by atoms with Crippen LogP contribution in [0.3, 0.4) is 0 Å². The molecule has 1 N–H and O–H groups in total. The van der Waals surface area contributed by atoms with E-state index in [1.54, 1.807) is 12.3 Å². The smallest absolute Gasteiger partial charge is 0.227 e. The van der Waals surface area contributed by atoms with Gasteiger partial charge in [-0.15, -0.1) is 0 Å². The molecule has 1 amide bonds. The largest absolute Gasteiger partial charge is 0.484 e. The van der Waals surface area contributed by atoms with Gasteiger partial charge in [-0.1, -0.05) is 13.0 Å². The summed E-state index contributed by atoms with van der Waals surface area (Å²) in [5.41, 5.74) is 1.17. The SMILES string of the molecule is C[C@@H]1C[C@@H]1C(=O)Nc1ccc(OCc2ccccn2)c(F)c1. The number of halogens is 1. The van der Waals surface area contributed by atoms with Crippen molar-refractivity contribution in [2.75, 3.05) is 5.32 Å². The molecule has 1 saturated carbocycles. The molecule has 0 radical (unpaired) electrons. The van der Waals surface area contributed by atoms with Crippen molar-refractivity contribution in [1.82, 2.24) is 4.98 Å². The average molecular weight is 300 g/mol. The molecule has 114 valence electrons. The first-order valence-corrected chi connectivity index (χ1v) is 7.26. The van der Waals surface area contributed by atoms with Gasteiger partial charge in [-0.25, -0.2) is 4.39 Å². The monoisotopic (exact) mass is 300 g/mol. The minimum atomic E-state index is -0.502. The molecule has 4 nitrogen and oxygen atoms in total. The van der Waals surface area contributed by atoms with Gasteiger partial charge in [0.05, 0.1) is 5.69 Å². The molecule has 1 aromatic carbocycles. The number of pyridine rings is 1. The second-order valence-electron chi connectivity index (χ2n) is 5.56. The summed E-state index contributed by atoms with van der Waals surface area (Å²) in [6.07, 6.45) is 2.56. The third-order valence-electron chi connectivity index (χ3n) is 3.75. The molecular formula is C17H17FN2O2. The van der Waals surface area contributed by atoms with Crippen LogP contribution in [0.2, 0.25) is 0 Å². The fourth-order valence-corrected chi connectivity index (χ4v) is 2.25. The number of benzene rings is 1. The third kappa shape index (κ3) is 3.42. The Hall–Kier alpha value is -2.43. The highest BCUT2D eigenvalue weighted by Crippen LogP contribution is 2.38. The molecule has 1 aliphatic carbocycles. The summed E-state index contributed by atoms with van der Waals surface area (Å²) in [5.74, 6) is 0.0732. The minimum Gasteiger partial charge on any atom is -0.484 e. The summed E-state index contributed by atoms with van der Waals surface area (Å²) >= 11 is 0. The van der Waals surface area contributed by atoms with Gasteiger partial charge in [0.1, 0.15) is 6.61 Å². The fraction of sp³-hybridized carbons (Fsp3) is 0.294. The van der Waals surface area contributed by atoms with Crippen molar-refractivity contribution in [3.8, 4) is 5.75 Å². The third-order valence-corrected chi connectivity index (χ3v) is 3.75. The Kier molecular flexibility index (Phi) is 4.04. The van der Waals surface area contributed by atoms with Crippen molar-refractivity contribution in [2.45, 2.75) is 20.0 Å². The van der Waals surface area contributed by atoms with Crippen molar-refractivity contribution < 1.29 is 13.9 Å². The van der Waals surface area contributed by atoms with Crippen LogP contribution in [0.4, 0.5) is 10.1 Å². The Bertz CT molecular complexity index is 676. The Morgan fingerprint density at radius 3 is 2.86 bits per heavy atom. The van der Waals surface area contributed by atoms with Crippen LogP contribution in [-0.2, 0) is 11.4 Å². The number of ether oxygens (including phenoxy) is 1. The Labute approximate surface area is 128 Å². The molecule has 0 spiro atoms. The number of carbonyl (C=O) groups excluding carboxylic acids is 1. The molecule has 3 rings (SSSR count). The Morgan fingerprint density at radius 2 is 2.23 bits per heavy atom. The van der Waals surface area contributed by atoms with Gasteiger partial charge in [0.15, 0.2) is 11.6 Å². The number of anilines is 1. The van der Waals surface area contributed by atoms with Crippen LogP contribution < -0.4 is 10.1 Å². The van der Waals surface area contributed by atoms with E-state index >= 15 is 0 Å². The molecular weight excluding hydrogens is 283 g/mol. The number of hydrogen-bond donors (Lipinski definition) is 1. The molecule has 22 heavy (non-hydrogen) atoms. The van der Waals surface area contributed by atoms with E-state index in [9.17, 15) is 9.18 Å². The zero-order valence-electron chi connectivity index (χ0n) is 12.3. The highest BCUT2D eigenvalue weighted by molar-refractivity contribution is 5.94. The number of hydrogen-bond acceptors (Lipinski definition) is 3. The highest BCUT2D eigenvalue weighted by Gasteiger charge is 2.39. The first kappa shape index (κ1) is 14.5. The lowest BCUT2D eigenvalue weighted by molar-refractivity contribution is -0.117. The number of carbonyl (C=O) groups is 1. The predicted molar refractivity (Wildman–Crippen MR) is 80.9 cm³/mol. The maximum atomic E-state index is 14.0. The van der Waals surface area contributed by atoms with E-state index in [2.05, 4.69) is 10.3 Å². The van der Waals surface area contributed by atoms with Crippen molar-refractivity contribution in [3.63, 3.8) is 0 Å². The van der Waals surface area contributed by atoms with Gasteiger partial charge in [-0.2, -0.15) is 0 Å². The first-order chi connectivity index (χ1) is 10.6. The summed E-state index contributed by atoms with van der Waals surface area (Å²) in [7, 11) is 0. The van der Waals surface area contributed by atoms with Crippen molar-refractivity contribution in [3.05, 3.63) is 54.1 Å². The second kappa shape index (κ2) is 6.13. The zero-order valence-corrected chi connectivity index (χ0v) is 12.3. The van der Waals surface area contributed by atoms with Gasteiger partial charge in [-0.3, -0.25) is 9.78 Å². The van der Waals surface area contributed by atoms with Crippen LogP contribution in [0.1, 0.15) is 19.0 Å². The van der Waals surface area contributed by atoms with Gasteiger partial charge in [-0.05, 0) is 36.6 Å². The summed E-state index contributed by atoms with van der Waals surface area (Å²) in [5, 5.41) is 2.73. The number of aromatic nitrogens is 1. The zero-order chi connectivity index (χ0) is 15.5. The number of nitrogens with one attached hydrogen (secondary N) is 1. The van der Waals surface area contributed by atoms with Gasteiger partial charge < -0.3 is 10.1 Å². The lowest BCUT2D eigenvalue weighted by Crippen LogP contribution is -2.14. The summed E-state index contributed by atoms with van der Waals surface area (Å²) in [4.78, 5) is 15.9. The molecule has 2 aromatic rings. The molecule has 1 fully saturated rings. The lowest BCUT2D eigenvalue weighted by atomic mass is 10.2. The lowest BCUT2D eigenvalue weighted by Gasteiger charge is -2.09. The molecule has 0 unspecified atom stereocenters. The van der Waals surface area contributed by atoms with E-state index in [0.29, 0.717) is 11.6 Å². The normalized spacial score (nSPS) is 19.5. The summed E-state index contributed by atoms with van der Waals surface area (Å²) < 4.78 is 19.4. The molecule has 5 heteroatoms. The van der Waals surface area contributed by atoms with Gasteiger partial charge in [0, 0.05) is 23.9 Å². The molecule has 2 atom stereocenters. The van der Waals surface area contributed by atoms with Crippen LogP contribution >= 0.6 is 0 Å².